The van der Waals surface area contributed by atoms with Crippen LogP contribution in [0.2, 0.25) is 0 Å². The number of Topliss-reactive ketones (excluding diaryl/α,β-unsaturated/α-hetero) is 2. The van der Waals surface area contributed by atoms with Crippen LogP contribution in [0.1, 0.15) is 23.1 Å². The minimum Gasteiger partial charge on any atom is -0.508 e. The van der Waals surface area contributed by atoms with E-state index < -0.39 is 58.0 Å². The second-order valence-electron chi connectivity index (χ2n) is 9.82. The Morgan fingerprint density at radius 3 is 2.31 bits per heavy atom. The normalized spacial score (nSPS) is 28.1. The van der Waals surface area contributed by atoms with Crippen LogP contribution in [0.25, 0.3) is 5.76 Å². The lowest BCUT2D eigenvalue weighted by Crippen LogP contribution is -2.65. The maximum absolute atomic E-state index is 13.8. The van der Waals surface area contributed by atoms with Crippen molar-refractivity contribution in [2.45, 2.75) is 31.0 Å². The number of amides is 1. The van der Waals surface area contributed by atoms with Crippen molar-refractivity contribution in [2.75, 3.05) is 33.1 Å². The number of phenols is 1. The average Bonchev–Trinajstić information content (AvgIpc) is 2.75. The molecule has 11 nitrogen and oxygen atoms in total. The number of hydrogen-bond acceptors (Lipinski definition) is 10. The third-order valence-electron chi connectivity index (χ3n) is 7.48. The number of aromatic hydroxyl groups is 1. The number of phenolic OH excluding ortho intramolecular Hbond substituents is 1. The van der Waals surface area contributed by atoms with Crippen molar-refractivity contribution in [3.63, 3.8) is 0 Å². The van der Waals surface area contributed by atoms with E-state index in [0.717, 1.165) is 0 Å². The Morgan fingerprint density at radius 1 is 1.17 bits per heavy atom. The van der Waals surface area contributed by atoms with Crippen molar-refractivity contribution in [3.05, 3.63) is 39.7 Å². The molecule has 0 saturated heterocycles. The Bertz CT molecular complexity index is 1230. The highest BCUT2D eigenvalue weighted by Gasteiger charge is 2.64. The van der Waals surface area contributed by atoms with Crippen LogP contribution in [0.4, 0.5) is 5.69 Å². The van der Waals surface area contributed by atoms with Crippen LogP contribution in [0.15, 0.2) is 23.0 Å². The van der Waals surface area contributed by atoms with Gasteiger partial charge in [-0.1, -0.05) is 0 Å². The number of anilines is 1. The zero-order chi connectivity index (χ0) is 26.1. The first kappa shape index (κ1) is 24.7. The number of likely N-dealkylation sites (N-methyl/N-ethyl adjacent to an activating group) is 1. The van der Waals surface area contributed by atoms with Crippen LogP contribution in [-0.2, 0) is 27.3 Å². The SMILES string of the molecule is CN(C)c1cc(CN)c(O)c2c1CC1CC3C(N(C)C)C(=O)C(C(N)=O)=C(O)C3(O)C(=O)C1=C2O. The van der Waals surface area contributed by atoms with E-state index in [1.54, 1.807) is 39.2 Å². The highest BCUT2D eigenvalue weighted by atomic mass is 16.3. The molecule has 4 atom stereocenters. The van der Waals surface area contributed by atoms with E-state index in [1.165, 1.54) is 4.90 Å². The van der Waals surface area contributed by atoms with Gasteiger partial charge in [0.1, 0.15) is 22.8 Å². The smallest absolute Gasteiger partial charge is 0.255 e. The summed E-state index contributed by atoms with van der Waals surface area (Å²) in [5.41, 5.74) is 9.10. The van der Waals surface area contributed by atoms with Gasteiger partial charge in [0.2, 0.25) is 5.78 Å². The van der Waals surface area contributed by atoms with Gasteiger partial charge in [-0.05, 0) is 44.5 Å². The van der Waals surface area contributed by atoms with Crippen molar-refractivity contribution in [1.82, 2.24) is 4.90 Å². The minimum atomic E-state index is -2.66. The number of fused-ring (bicyclic) bond motifs is 3. The van der Waals surface area contributed by atoms with Gasteiger partial charge in [0.25, 0.3) is 5.91 Å². The highest BCUT2D eigenvalue weighted by Crippen LogP contribution is 2.54. The van der Waals surface area contributed by atoms with Gasteiger partial charge in [-0.15, -0.1) is 0 Å². The minimum absolute atomic E-state index is 0.0237. The molecule has 4 unspecified atom stereocenters. The van der Waals surface area contributed by atoms with Crippen molar-refractivity contribution in [2.24, 2.45) is 23.3 Å². The fraction of sp³-hybridized carbons (Fsp3) is 0.458. The van der Waals surface area contributed by atoms with E-state index in [4.69, 9.17) is 11.5 Å². The van der Waals surface area contributed by atoms with Crippen molar-refractivity contribution in [1.29, 1.82) is 0 Å². The molecule has 188 valence electrons. The third kappa shape index (κ3) is 3.19. The fourth-order valence-corrected chi connectivity index (χ4v) is 5.90. The Labute approximate surface area is 201 Å². The first-order valence-corrected chi connectivity index (χ1v) is 11.2. The predicted octanol–water partition coefficient (Wildman–Crippen LogP) is -0.511. The standard InChI is InChI=1S/C24H30N4O7/c1-27(2)13-7-10(8-25)18(29)15-11(13)5-9-6-12-17(28(3)4)20(31)16(23(26)34)22(33)24(12,35)21(32)14(9)19(15)30/h7,9,12,17,29-30,33,35H,5-6,8,25H2,1-4H3,(H2,26,34). The van der Waals surface area contributed by atoms with Crippen LogP contribution >= 0.6 is 0 Å². The number of carbonyl (C=O) groups is 3. The summed E-state index contributed by atoms with van der Waals surface area (Å²) in [6.07, 6.45) is 0.262. The number of aliphatic hydroxyl groups excluding tert-OH is 2. The fourth-order valence-electron chi connectivity index (χ4n) is 5.90. The summed E-state index contributed by atoms with van der Waals surface area (Å²) in [6, 6.07) is 0.599. The number of hydrogen-bond donors (Lipinski definition) is 6. The molecule has 0 spiro atoms. The number of aliphatic hydroxyl groups is 3. The molecule has 3 aliphatic carbocycles. The van der Waals surface area contributed by atoms with Gasteiger partial charge in [-0.25, -0.2) is 0 Å². The third-order valence-corrected chi connectivity index (χ3v) is 7.48. The quantitative estimate of drug-likeness (QED) is 0.302. The summed E-state index contributed by atoms with van der Waals surface area (Å²) in [5, 5.41) is 44.6. The lowest BCUT2D eigenvalue weighted by Gasteiger charge is -2.50. The summed E-state index contributed by atoms with van der Waals surface area (Å²) in [4.78, 5) is 42.2. The number of nitrogens with zero attached hydrogens (tertiary/aromatic N) is 2. The molecule has 1 saturated carbocycles. The number of primary amides is 1. The lowest BCUT2D eigenvalue weighted by molar-refractivity contribution is -0.153. The molecule has 0 bridgehead atoms. The number of carbonyl (C=O) groups excluding carboxylic acids is 3. The average molecular weight is 487 g/mol. The second kappa shape index (κ2) is 8.08. The largest absolute Gasteiger partial charge is 0.508 e. The van der Waals surface area contributed by atoms with E-state index >= 15 is 0 Å². The topological polar surface area (TPSA) is 191 Å². The van der Waals surface area contributed by atoms with Gasteiger partial charge in [-0.3, -0.25) is 19.3 Å². The first-order valence-electron chi connectivity index (χ1n) is 11.2. The molecule has 1 amide bonds. The van der Waals surface area contributed by atoms with E-state index in [2.05, 4.69) is 0 Å². The zero-order valence-electron chi connectivity index (χ0n) is 20.0. The molecule has 3 aliphatic rings. The van der Waals surface area contributed by atoms with Crippen LogP contribution in [0, 0.1) is 11.8 Å². The molecule has 0 radical (unpaired) electrons. The summed E-state index contributed by atoms with van der Waals surface area (Å²) in [6.45, 7) is -0.0237. The number of ketones is 2. The number of nitrogens with two attached hydrogens (primary N) is 2. The first-order chi connectivity index (χ1) is 16.3. The number of rotatable bonds is 4. The molecule has 1 aromatic carbocycles. The van der Waals surface area contributed by atoms with Gasteiger partial charge in [0.15, 0.2) is 11.4 Å². The van der Waals surface area contributed by atoms with E-state index in [-0.39, 0.29) is 36.3 Å². The Balaban J connectivity index is 2.01. The van der Waals surface area contributed by atoms with Crippen LogP contribution < -0.4 is 16.4 Å². The molecule has 0 heterocycles. The Morgan fingerprint density at radius 2 is 1.80 bits per heavy atom. The second-order valence-corrected chi connectivity index (χ2v) is 9.82. The number of benzene rings is 1. The lowest BCUT2D eigenvalue weighted by atomic mass is 9.57. The molecular formula is C24H30N4O7. The Hall–Kier alpha value is -3.41. The van der Waals surface area contributed by atoms with Crippen molar-refractivity contribution in [3.8, 4) is 5.75 Å². The van der Waals surface area contributed by atoms with Crippen molar-refractivity contribution >= 4 is 28.9 Å². The molecule has 0 aromatic heterocycles. The van der Waals surface area contributed by atoms with E-state index in [9.17, 15) is 34.8 Å². The monoisotopic (exact) mass is 486 g/mol. The molecular weight excluding hydrogens is 456 g/mol. The zero-order valence-corrected chi connectivity index (χ0v) is 20.0. The maximum Gasteiger partial charge on any atom is 0.255 e. The molecule has 4 rings (SSSR count). The summed E-state index contributed by atoms with van der Waals surface area (Å²) in [7, 11) is 6.71. The van der Waals surface area contributed by atoms with E-state index in [0.29, 0.717) is 16.8 Å². The van der Waals surface area contributed by atoms with Gasteiger partial charge in [0, 0.05) is 43.4 Å². The summed E-state index contributed by atoms with van der Waals surface area (Å²) >= 11 is 0. The van der Waals surface area contributed by atoms with Gasteiger partial charge >= 0.3 is 0 Å². The highest BCUT2D eigenvalue weighted by molar-refractivity contribution is 6.24. The molecule has 11 heteroatoms. The molecule has 0 aliphatic heterocycles. The maximum atomic E-state index is 13.8. The predicted molar refractivity (Wildman–Crippen MR) is 126 cm³/mol. The van der Waals surface area contributed by atoms with Crippen molar-refractivity contribution < 1.29 is 34.8 Å². The Kier molecular flexibility index (Phi) is 5.70. The molecule has 1 fully saturated rings. The van der Waals surface area contributed by atoms with Gasteiger partial charge < -0.3 is 36.8 Å². The summed E-state index contributed by atoms with van der Waals surface area (Å²) in [5.74, 6) is -6.74. The van der Waals surface area contributed by atoms with Gasteiger partial charge in [-0.2, -0.15) is 0 Å². The van der Waals surface area contributed by atoms with E-state index in [1.807, 2.05) is 0 Å². The van der Waals surface area contributed by atoms with Gasteiger partial charge in [0.05, 0.1) is 11.6 Å². The molecule has 8 N–H and O–H groups in total. The molecule has 35 heavy (non-hydrogen) atoms. The van der Waals surface area contributed by atoms with Crippen LogP contribution in [-0.4, -0.2) is 82.6 Å². The van der Waals surface area contributed by atoms with Crippen LogP contribution in [0.5, 0.6) is 5.75 Å². The van der Waals surface area contributed by atoms with Crippen LogP contribution in [0.3, 0.4) is 0 Å². The molecule has 1 aromatic rings. The summed E-state index contributed by atoms with van der Waals surface area (Å²) < 4.78 is 0.